The lowest BCUT2D eigenvalue weighted by molar-refractivity contribution is 0.413. The van der Waals surface area contributed by atoms with E-state index in [2.05, 4.69) is 25.5 Å². The number of benzene rings is 3. The first-order chi connectivity index (χ1) is 18.2. The summed E-state index contributed by atoms with van der Waals surface area (Å²) in [6.07, 6.45) is 3.33. The Morgan fingerprint density at radius 2 is 1.57 bits per heavy atom. The second kappa shape index (κ2) is 9.72. The van der Waals surface area contributed by atoms with Crippen LogP contribution < -0.4 is 14.8 Å². The summed E-state index contributed by atoms with van der Waals surface area (Å²) < 4.78 is 11.3. The molecule has 0 unspecified atom stereocenters. The van der Waals surface area contributed by atoms with E-state index in [4.69, 9.17) is 21.1 Å². The van der Waals surface area contributed by atoms with Crippen LogP contribution in [-0.2, 0) is 0 Å². The smallest absolute Gasteiger partial charge is 0.161 e. The molecule has 0 atom stereocenters. The number of hydrogen-bond donors (Lipinski definition) is 1. The van der Waals surface area contributed by atoms with E-state index in [1.807, 2.05) is 78.9 Å². The van der Waals surface area contributed by atoms with Crippen molar-refractivity contribution in [3.63, 3.8) is 0 Å². The molecular weight excluding hydrogens is 486 g/mol. The number of nitrogens with zero attached hydrogens (tertiary/aromatic N) is 4. The molecule has 3 aromatic carbocycles. The van der Waals surface area contributed by atoms with Crippen molar-refractivity contribution in [2.75, 3.05) is 12.4 Å². The summed E-state index contributed by atoms with van der Waals surface area (Å²) in [4.78, 5) is 8.79. The fraction of sp³-hybridized carbons (Fsp3) is 0.0345. The molecule has 0 saturated heterocycles. The van der Waals surface area contributed by atoms with Gasteiger partial charge in [0.2, 0.25) is 0 Å². The van der Waals surface area contributed by atoms with E-state index in [9.17, 15) is 0 Å². The van der Waals surface area contributed by atoms with Crippen LogP contribution in [0.4, 0.5) is 11.5 Å². The number of halogens is 1. The van der Waals surface area contributed by atoms with Crippen LogP contribution in [0.3, 0.4) is 0 Å². The van der Waals surface area contributed by atoms with Crippen LogP contribution in [0.2, 0.25) is 5.02 Å². The van der Waals surface area contributed by atoms with E-state index in [0.29, 0.717) is 39.1 Å². The molecule has 0 aliphatic carbocycles. The van der Waals surface area contributed by atoms with Crippen molar-refractivity contribution in [3.8, 4) is 28.5 Å². The molecule has 3 heterocycles. The molecule has 0 spiro atoms. The zero-order valence-electron chi connectivity index (χ0n) is 19.7. The van der Waals surface area contributed by atoms with E-state index < -0.39 is 0 Å². The van der Waals surface area contributed by atoms with Gasteiger partial charge in [0, 0.05) is 45.4 Å². The molecule has 0 fully saturated rings. The summed E-state index contributed by atoms with van der Waals surface area (Å²) in [7, 11) is 1.60. The van der Waals surface area contributed by atoms with Crippen LogP contribution in [0.1, 0.15) is 0 Å². The Morgan fingerprint density at radius 1 is 0.784 bits per heavy atom. The SMILES string of the molecule is COc1cnc2c(Oc3ccc(Nc4nnc(-c5ccc(Cl)cc5)c5ccccc45)cc3)ccnc2c1. The molecule has 0 radical (unpaired) electrons. The van der Waals surface area contributed by atoms with Crippen LogP contribution in [0.5, 0.6) is 17.2 Å². The Hall–Kier alpha value is -4.75. The minimum absolute atomic E-state index is 0.614. The van der Waals surface area contributed by atoms with Crippen LogP contribution in [0.25, 0.3) is 33.1 Å². The molecular formula is C29H20ClN5O2. The van der Waals surface area contributed by atoms with Gasteiger partial charge in [-0.3, -0.25) is 4.98 Å². The number of ether oxygens (including phenoxy) is 2. The standard InChI is InChI=1S/C29H20ClN5O2/c1-36-22-16-25-28(32-17-22)26(14-15-31-25)37-21-12-10-20(11-13-21)33-29-24-5-3-2-4-23(24)27(34-35-29)18-6-8-19(30)9-7-18/h2-17H,1H3,(H,33,35). The first-order valence-electron chi connectivity index (χ1n) is 11.5. The van der Waals surface area contributed by atoms with Gasteiger partial charge in [-0.1, -0.05) is 48.0 Å². The van der Waals surface area contributed by atoms with Crippen LogP contribution in [0, 0.1) is 0 Å². The number of fused-ring (bicyclic) bond motifs is 2. The fourth-order valence-corrected chi connectivity index (χ4v) is 4.19. The molecule has 180 valence electrons. The molecule has 6 rings (SSSR count). The van der Waals surface area contributed by atoms with Crippen molar-refractivity contribution in [1.82, 2.24) is 20.2 Å². The van der Waals surface area contributed by atoms with Gasteiger partial charge in [0.25, 0.3) is 0 Å². The Kier molecular flexibility index (Phi) is 5.96. The maximum Gasteiger partial charge on any atom is 0.161 e. The fourth-order valence-electron chi connectivity index (χ4n) is 4.07. The van der Waals surface area contributed by atoms with Gasteiger partial charge >= 0.3 is 0 Å². The van der Waals surface area contributed by atoms with Gasteiger partial charge in [0.15, 0.2) is 11.6 Å². The number of nitrogens with one attached hydrogen (secondary N) is 1. The topological polar surface area (TPSA) is 82.0 Å². The molecule has 3 aromatic heterocycles. The van der Waals surface area contributed by atoms with Crippen LogP contribution in [-0.4, -0.2) is 27.3 Å². The highest BCUT2D eigenvalue weighted by molar-refractivity contribution is 6.30. The Labute approximate surface area is 217 Å². The van der Waals surface area contributed by atoms with Gasteiger partial charge < -0.3 is 14.8 Å². The van der Waals surface area contributed by atoms with Gasteiger partial charge in [-0.05, 0) is 36.4 Å². The van der Waals surface area contributed by atoms with E-state index in [0.717, 1.165) is 27.7 Å². The van der Waals surface area contributed by atoms with Gasteiger partial charge in [-0.2, -0.15) is 0 Å². The summed E-state index contributed by atoms with van der Waals surface area (Å²) in [5.41, 5.74) is 3.97. The van der Waals surface area contributed by atoms with Gasteiger partial charge in [0.05, 0.1) is 18.8 Å². The molecule has 7 nitrogen and oxygen atoms in total. The van der Waals surface area contributed by atoms with Crippen molar-refractivity contribution < 1.29 is 9.47 Å². The molecule has 0 bridgehead atoms. The molecule has 0 aliphatic rings. The summed E-state index contributed by atoms with van der Waals surface area (Å²) in [6, 6.07) is 26.9. The highest BCUT2D eigenvalue weighted by atomic mass is 35.5. The van der Waals surface area contributed by atoms with Gasteiger partial charge in [-0.15, -0.1) is 10.2 Å². The lowest BCUT2D eigenvalue weighted by Gasteiger charge is -2.12. The normalized spacial score (nSPS) is 11.0. The Balaban J connectivity index is 1.26. The number of rotatable bonds is 6. The largest absolute Gasteiger partial charge is 0.495 e. The Bertz CT molecular complexity index is 1720. The predicted molar refractivity (Wildman–Crippen MR) is 146 cm³/mol. The van der Waals surface area contributed by atoms with Crippen molar-refractivity contribution in [3.05, 3.63) is 102 Å². The van der Waals surface area contributed by atoms with Gasteiger partial charge in [-0.25, -0.2) is 4.98 Å². The third-order valence-electron chi connectivity index (χ3n) is 5.90. The average Bonchev–Trinajstić information content (AvgIpc) is 2.95. The number of pyridine rings is 2. The molecule has 8 heteroatoms. The molecule has 1 N–H and O–H groups in total. The zero-order chi connectivity index (χ0) is 25.2. The molecule has 0 amide bonds. The summed E-state index contributed by atoms with van der Waals surface area (Å²) in [5.74, 6) is 2.59. The molecule has 0 aliphatic heterocycles. The number of anilines is 2. The summed E-state index contributed by atoms with van der Waals surface area (Å²) in [5, 5.41) is 15.0. The predicted octanol–water partition coefficient (Wildman–Crippen LogP) is 7.44. The van der Waals surface area contributed by atoms with E-state index in [1.54, 1.807) is 25.6 Å². The lowest BCUT2D eigenvalue weighted by Crippen LogP contribution is -1.99. The highest BCUT2D eigenvalue weighted by Gasteiger charge is 2.12. The summed E-state index contributed by atoms with van der Waals surface area (Å²) >= 11 is 6.06. The zero-order valence-corrected chi connectivity index (χ0v) is 20.5. The first-order valence-corrected chi connectivity index (χ1v) is 11.9. The minimum Gasteiger partial charge on any atom is -0.495 e. The van der Waals surface area contributed by atoms with Crippen molar-refractivity contribution in [2.45, 2.75) is 0 Å². The lowest BCUT2D eigenvalue weighted by atomic mass is 10.0. The monoisotopic (exact) mass is 505 g/mol. The summed E-state index contributed by atoms with van der Waals surface area (Å²) in [6.45, 7) is 0. The first kappa shape index (κ1) is 22.7. The van der Waals surface area contributed by atoms with Crippen molar-refractivity contribution in [2.24, 2.45) is 0 Å². The number of hydrogen-bond acceptors (Lipinski definition) is 7. The maximum atomic E-state index is 6.11. The Morgan fingerprint density at radius 3 is 2.35 bits per heavy atom. The molecule has 0 saturated carbocycles. The van der Waals surface area contributed by atoms with E-state index >= 15 is 0 Å². The van der Waals surface area contributed by atoms with Crippen LogP contribution in [0.15, 0.2) is 97.3 Å². The van der Waals surface area contributed by atoms with E-state index in [-0.39, 0.29) is 0 Å². The third kappa shape index (κ3) is 4.60. The quantitative estimate of drug-likeness (QED) is 0.252. The van der Waals surface area contributed by atoms with Gasteiger partial charge in [0.1, 0.15) is 22.7 Å². The second-order valence-corrected chi connectivity index (χ2v) is 8.69. The highest BCUT2D eigenvalue weighted by Crippen LogP contribution is 2.33. The van der Waals surface area contributed by atoms with Crippen molar-refractivity contribution >= 4 is 44.9 Å². The van der Waals surface area contributed by atoms with Crippen molar-refractivity contribution in [1.29, 1.82) is 0 Å². The maximum absolute atomic E-state index is 6.11. The average molecular weight is 506 g/mol. The minimum atomic E-state index is 0.614. The third-order valence-corrected chi connectivity index (χ3v) is 6.15. The second-order valence-electron chi connectivity index (χ2n) is 8.25. The molecule has 6 aromatic rings. The van der Waals surface area contributed by atoms with E-state index in [1.165, 1.54) is 0 Å². The molecule has 37 heavy (non-hydrogen) atoms. The number of aromatic nitrogens is 4. The van der Waals surface area contributed by atoms with Crippen LogP contribution >= 0.6 is 11.6 Å². The number of methoxy groups -OCH3 is 1.